The fraction of sp³-hybridized carbons (Fsp3) is 0.400. The van der Waals surface area contributed by atoms with Crippen LogP contribution in [-0.2, 0) is 10.3 Å². The number of benzene rings is 1. The molecule has 0 radical (unpaired) electrons. The van der Waals surface area contributed by atoms with Crippen molar-refractivity contribution < 1.29 is 27.8 Å². The molecule has 1 atom stereocenters. The largest absolute Gasteiger partial charge is 0.493 e. The van der Waals surface area contributed by atoms with Crippen LogP contribution in [0.25, 0.3) is 0 Å². The minimum atomic E-state index is -2.62. The zero-order valence-electron chi connectivity index (χ0n) is 16.3. The Kier molecular flexibility index (Phi) is 4.42. The smallest absolute Gasteiger partial charge is 0.283 e. The highest BCUT2D eigenvalue weighted by molar-refractivity contribution is 6.02. The number of halogens is 2. The number of aliphatic imine (C=N–C) groups is 1. The lowest BCUT2D eigenvalue weighted by Crippen LogP contribution is -2.44. The molecule has 31 heavy (non-hydrogen) atoms. The molecule has 11 heteroatoms. The van der Waals surface area contributed by atoms with Crippen molar-refractivity contribution in [3.05, 3.63) is 41.9 Å². The van der Waals surface area contributed by atoms with Crippen LogP contribution in [0.5, 0.6) is 11.6 Å². The molecule has 1 aromatic heterocycles. The van der Waals surface area contributed by atoms with Crippen LogP contribution < -0.4 is 20.5 Å². The third-order valence-corrected chi connectivity index (χ3v) is 5.87. The number of hydrogen-bond donors (Lipinski definition) is 2. The fourth-order valence-electron chi connectivity index (χ4n) is 4.08. The Labute approximate surface area is 175 Å². The number of ether oxygens (including phenoxy) is 3. The van der Waals surface area contributed by atoms with Gasteiger partial charge >= 0.3 is 0 Å². The number of carbonyl (C=O) groups excluding carboxylic acids is 1. The van der Waals surface area contributed by atoms with Crippen LogP contribution in [0, 0.1) is 5.41 Å². The molecule has 1 amide bonds. The summed E-state index contributed by atoms with van der Waals surface area (Å²) in [4.78, 5) is 25.0. The minimum Gasteiger partial charge on any atom is -0.493 e. The van der Waals surface area contributed by atoms with Crippen molar-refractivity contribution in [3.63, 3.8) is 0 Å². The highest BCUT2D eigenvalue weighted by Crippen LogP contribution is 2.65. The van der Waals surface area contributed by atoms with E-state index >= 15 is 0 Å². The molecule has 1 aromatic carbocycles. The number of amidine groups is 1. The standard InChI is InChI=1S/C20H19F2N5O4/c21-15(22)8-29-16-7-24-13(6-25-16)17(28)26-11-1-2-14-12(5-11)20(10-31-18(23)27-20)19(3-4-19)9-30-14/h1-2,5-7,15H,3-4,8-10H2,(H2,23,27)(H,26,28). The number of rotatable bonds is 5. The second kappa shape index (κ2) is 7.03. The summed E-state index contributed by atoms with van der Waals surface area (Å²) in [5, 5.41) is 2.77. The van der Waals surface area contributed by atoms with Gasteiger partial charge in [-0.2, -0.15) is 0 Å². The zero-order valence-corrected chi connectivity index (χ0v) is 16.3. The van der Waals surface area contributed by atoms with E-state index in [1.54, 1.807) is 12.1 Å². The number of fused-ring (bicyclic) bond motifs is 3. The second-order valence-electron chi connectivity index (χ2n) is 7.78. The maximum Gasteiger partial charge on any atom is 0.283 e. The Morgan fingerprint density at radius 2 is 2.06 bits per heavy atom. The molecule has 5 rings (SSSR count). The van der Waals surface area contributed by atoms with Crippen molar-refractivity contribution in [2.45, 2.75) is 24.8 Å². The van der Waals surface area contributed by atoms with Crippen molar-refractivity contribution in [2.24, 2.45) is 16.1 Å². The first-order valence-electron chi connectivity index (χ1n) is 9.71. The molecule has 3 heterocycles. The summed E-state index contributed by atoms with van der Waals surface area (Å²) in [6, 6.07) is 5.45. The SMILES string of the molecule is NC1=NC2(CO1)c1cc(NC(=O)c3cnc(OCC(F)F)cn3)ccc1OCC21CC1. The van der Waals surface area contributed by atoms with E-state index in [4.69, 9.17) is 19.9 Å². The first kappa shape index (κ1) is 19.5. The predicted molar refractivity (Wildman–Crippen MR) is 104 cm³/mol. The lowest BCUT2D eigenvalue weighted by atomic mass is 9.74. The van der Waals surface area contributed by atoms with Gasteiger partial charge in [0.1, 0.15) is 23.6 Å². The second-order valence-corrected chi connectivity index (χ2v) is 7.78. The van der Waals surface area contributed by atoms with E-state index in [0.29, 0.717) is 24.7 Å². The van der Waals surface area contributed by atoms with Crippen LogP contribution in [-0.4, -0.2) is 48.1 Å². The van der Waals surface area contributed by atoms with Gasteiger partial charge in [-0.3, -0.25) is 4.79 Å². The van der Waals surface area contributed by atoms with Crippen molar-refractivity contribution >= 4 is 17.6 Å². The van der Waals surface area contributed by atoms with Gasteiger partial charge in [-0.15, -0.1) is 0 Å². The van der Waals surface area contributed by atoms with Crippen molar-refractivity contribution in [3.8, 4) is 11.6 Å². The Morgan fingerprint density at radius 3 is 2.71 bits per heavy atom. The number of hydrogen-bond acceptors (Lipinski definition) is 8. The van der Waals surface area contributed by atoms with Crippen LogP contribution in [0.2, 0.25) is 0 Å². The molecule has 0 saturated heterocycles. The van der Waals surface area contributed by atoms with E-state index < -0.39 is 24.5 Å². The zero-order chi connectivity index (χ0) is 21.6. The molecular formula is C20H19F2N5O4. The molecule has 3 N–H and O–H groups in total. The molecule has 2 spiro atoms. The van der Waals surface area contributed by atoms with Gasteiger partial charge in [-0.1, -0.05) is 0 Å². The molecule has 1 fully saturated rings. The molecule has 2 aromatic rings. The van der Waals surface area contributed by atoms with Crippen LogP contribution >= 0.6 is 0 Å². The maximum absolute atomic E-state index is 12.6. The van der Waals surface area contributed by atoms with Gasteiger partial charge in [-0.05, 0) is 31.0 Å². The van der Waals surface area contributed by atoms with E-state index in [1.807, 2.05) is 6.07 Å². The van der Waals surface area contributed by atoms with Gasteiger partial charge in [-0.25, -0.2) is 23.7 Å². The van der Waals surface area contributed by atoms with Crippen molar-refractivity contribution in [1.82, 2.24) is 9.97 Å². The van der Waals surface area contributed by atoms with E-state index in [0.717, 1.165) is 30.8 Å². The highest BCUT2D eigenvalue weighted by atomic mass is 19.3. The summed E-state index contributed by atoms with van der Waals surface area (Å²) >= 11 is 0. The first-order valence-corrected chi connectivity index (χ1v) is 9.71. The number of anilines is 1. The highest BCUT2D eigenvalue weighted by Gasteiger charge is 2.66. The maximum atomic E-state index is 12.6. The number of nitrogens with two attached hydrogens (primary N) is 1. The molecule has 1 saturated carbocycles. The summed E-state index contributed by atoms with van der Waals surface area (Å²) in [7, 11) is 0. The average molecular weight is 431 g/mol. The predicted octanol–water partition coefficient (Wildman–Crippen LogP) is 2.09. The molecular weight excluding hydrogens is 412 g/mol. The van der Waals surface area contributed by atoms with E-state index in [9.17, 15) is 13.6 Å². The third-order valence-electron chi connectivity index (χ3n) is 5.87. The first-order chi connectivity index (χ1) is 14.9. The summed E-state index contributed by atoms with van der Waals surface area (Å²) < 4.78 is 40.7. The molecule has 0 bridgehead atoms. The van der Waals surface area contributed by atoms with E-state index in [-0.39, 0.29) is 23.0 Å². The normalized spacial score (nSPS) is 22.5. The van der Waals surface area contributed by atoms with Crippen LogP contribution in [0.15, 0.2) is 35.6 Å². The van der Waals surface area contributed by atoms with Crippen LogP contribution in [0.1, 0.15) is 28.9 Å². The lowest BCUT2D eigenvalue weighted by molar-refractivity contribution is 0.0792. The van der Waals surface area contributed by atoms with Crippen molar-refractivity contribution in [2.75, 3.05) is 25.1 Å². The Hall–Kier alpha value is -3.50. The minimum absolute atomic E-state index is 0.0122. The quantitative estimate of drug-likeness (QED) is 0.744. The van der Waals surface area contributed by atoms with E-state index in [2.05, 4.69) is 20.3 Å². The summed E-state index contributed by atoms with van der Waals surface area (Å²) in [6.07, 6.45) is 1.57. The van der Waals surface area contributed by atoms with Gasteiger partial charge in [0.25, 0.3) is 18.4 Å². The molecule has 162 valence electrons. The fourth-order valence-corrected chi connectivity index (χ4v) is 4.08. The Bertz CT molecular complexity index is 1060. The van der Waals surface area contributed by atoms with Gasteiger partial charge in [0, 0.05) is 16.7 Å². The summed E-state index contributed by atoms with van der Waals surface area (Å²) in [5.74, 6) is 0.0829. The number of nitrogens with zero attached hydrogens (tertiary/aromatic N) is 3. The van der Waals surface area contributed by atoms with Gasteiger partial charge in [0.15, 0.2) is 6.61 Å². The average Bonchev–Trinajstić information content (AvgIpc) is 3.45. The monoisotopic (exact) mass is 431 g/mol. The van der Waals surface area contributed by atoms with Crippen LogP contribution in [0.4, 0.5) is 14.5 Å². The summed E-state index contributed by atoms with van der Waals surface area (Å²) in [5.41, 5.74) is 6.41. The number of nitrogens with one attached hydrogen (secondary N) is 1. The van der Waals surface area contributed by atoms with Gasteiger partial charge in [0.05, 0.1) is 19.0 Å². The topological polar surface area (TPSA) is 121 Å². The van der Waals surface area contributed by atoms with Gasteiger partial charge < -0.3 is 25.3 Å². The molecule has 1 aliphatic carbocycles. The summed E-state index contributed by atoms with van der Waals surface area (Å²) in [6.45, 7) is 0.0803. The number of aromatic nitrogens is 2. The number of carbonyl (C=O) groups is 1. The third kappa shape index (κ3) is 3.29. The number of amides is 1. The van der Waals surface area contributed by atoms with Crippen LogP contribution in [0.3, 0.4) is 0 Å². The Morgan fingerprint density at radius 1 is 1.23 bits per heavy atom. The van der Waals surface area contributed by atoms with Gasteiger partial charge in [0.2, 0.25) is 5.88 Å². The molecule has 9 nitrogen and oxygen atoms in total. The van der Waals surface area contributed by atoms with Crippen molar-refractivity contribution in [1.29, 1.82) is 0 Å². The Balaban J connectivity index is 1.37. The van der Waals surface area contributed by atoms with E-state index in [1.165, 1.54) is 0 Å². The molecule has 1 unspecified atom stereocenters. The molecule has 2 aliphatic heterocycles. The molecule has 3 aliphatic rings. The number of alkyl halides is 2. The lowest BCUT2D eigenvalue weighted by Gasteiger charge is -2.39.